The fourth-order valence-electron chi connectivity index (χ4n) is 3.05. The molecule has 2 heterocycles. The zero-order valence-corrected chi connectivity index (χ0v) is 14.4. The van der Waals surface area contributed by atoms with Gasteiger partial charge in [0.1, 0.15) is 17.6 Å². The van der Waals surface area contributed by atoms with Crippen molar-refractivity contribution in [3.63, 3.8) is 0 Å². The first kappa shape index (κ1) is 17.2. The van der Waals surface area contributed by atoms with E-state index in [1.165, 1.54) is 0 Å². The summed E-state index contributed by atoms with van der Waals surface area (Å²) in [4.78, 5) is 24.8. The van der Waals surface area contributed by atoms with E-state index in [9.17, 15) is 9.59 Å². The molecule has 25 heavy (non-hydrogen) atoms. The van der Waals surface area contributed by atoms with Crippen molar-refractivity contribution in [1.82, 2.24) is 5.32 Å². The van der Waals surface area contributed by atoms with Crippen LogP contribution >= 0.6 is 0 Å². The lowest BCUT2D eigenvalue weighted by Gasteiger charge is -2.26. The predicted molar refractivity (Wildman–Crippen MR) is 93.3 cm³/mol. The summed E-state index contributed by atoms with van der Waals surface area (Å²) in [5.41, 5.74) is 1.51. The van der Waals surface area contributed by atoms with Crippen LogP contribution in [0.25, 0.3) is 0 Å². The minimum Gasteiger partial charge on any atom is -0.464 e. The number of carbonyl (C=O) groups excluding carboxylic acids is 2. The molecule has 0 saturated heterocycles. The summed E-state index contributed by atoms with van der Waals surface area (Å²) >= 11 is 0. The number of hydrogen-bond acceptors (Lipinski definition) is 4. The molecule has 0 radical (unpaired) electrons. The van der Waals surface area contributed by atoms with E-state index in [4.69, 9.17) is 9.15 Å². The minimum atomic E-state index is -0.523. The SMILES string of the molecule is CCc1ccc([C@@H](COC)NC(=O)[C@H]2CC(=O)Nc3ccccc32)o1. The van der Waals surface area contributed by atoms with Gasteiger partial charge >= 0.3 is 0 Å². The first-order valence-electron chi connectivity index (χ1n) is 8.39. The number of hydrogen-bond donors (Lipinski definition) is 2. The van der Waals surface area contributed by atoms with Gasteiger partial charge in [-0.25, -0.2) is 0 Å². The third kappa shape index (κ3) is 3.74. The van der Waals surface area contributed by atoms with Gasteiger partial charge in [-0.15, -0.1) is 0 Å². The quantitative estimate of drug-likeness (QED) is 0.846. The summed E-state index contributed by atoms with van der Waals surface area (Å²) in [7, 11) is 1.58. The topological polar surface area (TPSA) is 80.6 Å². The van der Waals surface area contributed by atoms with Crippen molar-refractivity contribution in [3.8, 4) is 0 Å². The number of aryl methyl sites for hydroxylation is 1. The van der Waals surface area contributed by atoms with Crippen molar-refractivity contribution in [1.29, 1.82) is 0 Å². The average molecular weight is 342 g/mol. The second-order valence-corrected chi connectivity index (χ2v) is 6.07. The summed E-state index contributed by atoms with van der Waals surface area (Å²) in [5, 5.41) is 5.77. The van der Waals surface area contributed by atoms with Crippen LogP contribution in [0.1, 0.15) is 42.4 Å². The van der Waals surface area contributed by atoms with Crippen molar-refractivity contribution in [2.45, 2.75) is 31.7 Å². The molecule has 6 heteroatoms. The monoisotopic (exact) mass is 342 g/mol. The highest BCUT2D eigenvalue weighted by Gasteiger charge is 2.32. The Labute approximate surface area is 146 Å². The van der Waals surface area contributed by atoms with Crippen molar-refractivity contribution < 1.29 is 18.7 Å². The molecule has 2 atom stereocenters. The molecule has 0 fully saturated rings. The van der Waals surface area contributed by atoms with Gasteiger partial charge in [0.2, 0.25) is 11.8 Å². The maximum absolute atomic E-state index is 12.9. The number of benzene rings is 1. The molecule has 1 aromatic heterocycles. The first-order chi connectivity index (χ1) is 12.1. The highest BCUT2D eigenvalue weighted by molar-refractivity contribution is 6.01. The lowest BCUT2D eigenvalue weighted by Crippen LogP contribution is -2.38. The number of amides is 2. The van der Waals surface area contributed by atoms with E-state index in [0.29, 0.717) is 18.1 Å². The molecular formula is C19H22N2O4. The average Bonchev–Trinajstić information content (AvgIpc) is 3.09. The zero-order chi connectivity index (χ0) is 17.8. The molecule has 2 N–H and O–H groups in total. The Balaban J connectivity index is 1.81. The number of nitrogens with one attached hydrogen (secondary N) is 2. The molecule has 2 aromatic rings. The summed E-state index contributed by atoms with van der Waals surface area (Å²) < 4.78 is 11.0. The van der Waals surface area contributed by atoms with E-state index in [1.807, 2.05) is 37.3 Å². The maximum Gasteiger partial charge on any atom is 0.228 e. The molecule has 6 nitrogen and oxygen atoms in total. The van der Waals surface area contributed by atoms with E-state index in [2.05, 4.69) is 10.6 Å². The van der Waals surface area contributed by atoms with Gasteiger partial charge < -0.3 is 19.8 Å². The summed E-state index contributed by atoms with van der Waals surface area (Å²) in [5.74, 6) is 0.616. The van der Waals surface area contributed by atoms with E-state index in [-0.39, 0.29) is 18.2 Å². The fourth-order valence-corrected chi connectivity index (χ4v) is 3.05. The van der Waals surface area contributed by atoms with Crippen LogP contribution in [0.3, 0.4) is 0 Å². The standard InChI is InChI=1S/C19H22N2O4/c1-3-12-8-9-17(25-12)16(11-24-2)21-19(23)14-10-18(22)20-15-7-5-4-6-13(14)15/h4-9,14,16H,3,10-11H2,1-2H3,(H,20,22)(H,21,23)/t14-,16+/m0/s1. The Morgan fingerprint density at radius 2 is 2.16 bits per heavy atom. The molecule has 0 bridgehead atoms. The molecule has 0 saturated carbocycles. The van der Waals surface area contributed by atoms with Crippen LogP contribution in [0.2, 0.25) is 0 Å². The molecule has 1 aliphatic heterocycles. The molecule has 0 aliphatic carbocycles. The first-order valence-corrected chi connectivity index (χ1v) is 8.39. The Hall–Kier alpha value is -2.60. The van der Waals surface area contributed by atoms with Gasteiger partial charge in [0, 0.05) is 25.6 Å². The summed E-state index contributed by atoms with van der Waals surface area (Å²) in [6.07, 6.45) is 0.907. The van der Waals surface area contributed by atoms with Gasteiger partial charge in [-0.05, 0) is 23.8 Å². The lowest BCUT2D eigenvalue weighted by molar-refractivity contribution is -0.127. The zero-order valence-electron chi connectivity index (χ0n) is 14.4. The molecule has 0 spiro atoms. The predicted octanol–water partition coefficient (Wildman–Crippen LogP) is 2.77. The van der Waals surface area contributed by atoms with Gasteiger partial charge in [0.25, 0.3) is 0 Å². The van der Waals surface area contributed by atoms with E-state index >= 15 is 0 Å². The Morgan fingerprint density at radius 1 is 1.36 bits per heavy atom. The number of fused-ring (bicyclic) bond motifs is 1. The van der Waals surface area contributed by atoms with E-state index < -0.39 is 12.0 Å². The number of methoxy groups -OCH3 is 1. The molecular weight excluding hydrogens is 320 g/mol. The number of furan rings is 1. The van der Waals surface area contributed by atoms with Crippen LogP contribution in [-0.4, -0.2) is 25.5 Å². The maximum atomic E-state index is 12.9. The Morgan fingerprint density at radius 3 is 2.88 bits per heavy atom. The van der Waals surface area contributed by atoms with Gasteiger partial charge in [0.15, 0.2) is 0 Å². The number of rotatable bonds is 6. The minimum absolute atomic E-state index is 0.126. The van der Waals surface area contributed by atoms with Crippen LogP contribution in [-0.2, 0) is 20.7 Å². The smallest absolute Gasteiger partial charge is 0.228 e. The highest BCUT2D eigenvalue weighted by Crippen LogP contribution is 2.32. The van der Waals surface area contributed by atoms with Crippen LogP contribution in [0.15, 0.2) is 40.8 Å². The molecule has 2 amide bonds. The Kier molecular flexibility index (Phi) is 5.19. The van der Waals surface area contributed by atoms with Gasteiger partial charge in [-0.3, -0.25) is 9.59 Å². The molecule has 1 aromatic carbocycles. The fraction of sp³-hybridized carbons (Fsp3) is 0.368. The molecule has 1 aliphatic rings. The number of anilines is 1. The molecule has 132 valence electrons. The van der Waals surface area contributed by atoms with Crippen LogP contribution in [0.4, 0.5) is 5.69 Å². The van der Waals surface area contributed by atoms with Gasteiger partial charge in [0.05, 0.1) is 12.5 Å². The highest BCUT2D eigenvalue weighted by atomic mass is 16.5. The largest absolute Gasteiger partial charge is 0.464 e. The van der Waals surface area contributed by atoms with Crippen molar-refractivity contribution >= 4 is 17.5 Å². The van der Waals surface area contributed by atoms with E-state index in [0.717, 1.165) is 17.7 Å². The van der Waals surface area contributed by atoms with Crippen LogP contribution < -0.4 is 10.6 Å². The normalized spacial score (nSPS) is 17.5. The third-order valence-electron chi connectivity index (χ3n) is 4.34. The lowest BCUT2D eigenvalue weighted by atomic mass is 9.89. The van der Waals surface area contributed by atoms with Gasteiger partial charge in [-0.1, -0.05) is 25.1 Å². The van der Waals surface area contributed by atoms with Crippen molar-refractivity contribution in [2.24, 2.45) is 0 Å². The number of para-hydroxylation sites is 1. The molecule has 3 rings (SSSR count). The van der Waals surface area contributed by atoms with Gasteiger partial charge in [-0.2, -0.15) is 0 Å². The number of carbonyl (C=O) groups is 2. The van der Waals surface area contributed by atoms with Crippen molar-refractivity contribution in [2.75, 3.05) is 19.0 Å². The van der Waals surface area contributed by atoms with E-state index in [1.54, 1.807) is 13.2 Å². The second kappa shape index (κ2) is 7.53. The van der Waals surface area contributed by atoms with Crippen LogP contribution in [0, 0.1) is 0 Å². The second-order valence-electron chi connectivity index (χ2n) is 6.07. The molecule has 0 unspecified atom stereocenters. The Bertz CT molecular complexity index is 768. The third-order valence-corrected chi connectivity index (χ3v) is 4.34. The summed E-state index contributed by atoms with van der Waals surface area (Å²) in [6, 6.07) is 10.7. The number of ether oxygens (including phenoxy) is 1. The van der Waals surface area contributed by atoms with Crippen LogP contribution in [0.5, 0.6) is 0 Å². The van der Waals surface area contributed by atoms with Crippen molar-refractivity contribution in [3.05, 3.63) is 53.5 Å². The summed E-state index contributed by atoms with van der Waals surface area (Å²) in [6.45, 7) is 2.30.